The number of halogens is 2. The zero-order valence-electron chi connectivity index (χ0n) is 9.63. The van der Waals surface area contributed by atoms with Crippen LogP contribution in [0.4, 0.5) is 5.69 Å². The van der Waals surface area contributed by atoms with Crippen LogP contribution in [-0.2, 0) is 6.42 Å². The normalized spacial score (nSPS) is 10.3. The van der Waals surface area contributed by atoms with Crippen molar-refractivity contribution in [2.45, 2.75) is 13.3 Å². The Balaban J connectivity index is 2.71. The summed E-state index contributed by atoms with van der Waals surface area (Å²) in [5.74, 6) is 0. The van der Waals surface area contributed by atoms with E-state index in [0.717, 1.165) is 22.4 Å². The van der Waals surface area contributed by atoms with E-state index in [9.17, 15) is 0 Å². The van der Waals surface area contributed by atoms with Crippen molar-refractivity contribution in [2.24, 2.45) is 0 Å². The van der Waals surface area contributed by atoms with Crippen molar-refractivity contribution in [1.82, 2.24) is 0 Å². The van der Waals surface area contributed by atoms with Crippen molar-refractivity contribution in [2.75, 3.05) is 5.73 Å². The molecule has 2 rings (SSSR count). The number of nitrogen functional groups attached to an aromatic ring is 1. The van der Waals surface area contributed by atoms with E-state index in [4.69, 9.17) is 34.2 Å². The maximum absolute atomic E-state index is 9.04. The topological polar surface area (TPSA) is 49.8 Å². The fraction of sp³-hybridized carbons (Fsp3) is 0.154. The van der Waals surface area contributed by atoms with Crippen LogP contribution in [0.2, 0.25) is 10.0 Å². The van der Waals surface area contributed by atoms with Crippen molar-refractivity contribution in [3.05, 3.63) is 38.7 Å². The van der Waals surface area contributed by atoms with E-state index in [1.54, 1.807) is 18.2 Å². The van der Waals surface area contributed by atoms with Gasteiger partial charge in [0.05, 0.1) is 5.69 Å². The Kier molecular flexibility index (Phi) is 3.82. The average molecular weight is 297 g/mol. The molecule has 0 fully saturated rings. The molecule has 0 spiro atoms. The number of hydrogen-bond donors (Lipinski definition) is 1. The Bertz CT molecular complexity index is 641. The highest BCUT2D eigenvalue weighted by atomic mass is 35.5. The zero-order chi connectivity index (χ0) is 13.3. The van der Waals surface area contributed by atoms with Crippen molar-refractivity contribution in [3.63, 3.8) is 0 Å². The summed E-state index contributed by atoms with van der Waals surface area (Å²) in [6, 6.07) is 7.40. The van der Waals surface area contributed by atoms with E-state index < -0.39 is 0 Å². The number of rotatable bonds is 2. The molecular formula is C13H10Cl2N2S. The van der Waals surface area contributed by atoms with Crippen LogP contribution in [0.25, 0.3) is 10.4 Å². The molecule has 0 radical (unpaired) electrons. The van der Waals surface area contributed by atoms with E-state index in [-0.39, 0.29) is 0 Å². The first-order valence-electron chi connectivity index (χ1n) is 5.35. The second-order valence-electron chi connectivity index (χ2n) is 3.74. The lowest BCUT2D eigenvalue weighted by Gasteiger charge is -2.05. The molecule has 0 amide bonds. The van der Waals surface area contributed by atoms with E-state index in [0.29, 0.717) is 20.6 Å². The fourth-order valence-electron chi connectivity index (χ4n) is 1.80. The van der Waals surface area contributed by atoms with Crippen LogP contribution < -0.4 is 5.73 Å². The number of nitrogens with two attached hydrogens (primary N) is 1. The highest BCUT2D eigenvalue weighted by molar-refractivity contribution is 7.17. The van der Waals surface area contributed by atoms with E-state index in [1.807, 2.05) is 6.92 Å². The third kappa shape index (κ3) is 2.20. The molecule has 0 aliphatic heterocycles. The van der Waals surface area contributed by atoms with Gasteiger partial charge in [-0.3, -0.25) is 0 Å². The summed E-state index contributed by atoms with van der Waals surface area (Å²) in [7, 11) is 0. The molecular weight excluding hydrogens is 287 g/mol. The molecule has 92 valence electrons. The zero-order valence-corrected chi connectivity index (χ0v) is 12.0. The predicted octanol–water partition coefficient (Wildman–Crippen LogP) is 4.74. The monoisotopic (exact) mass is 296 g/mol. The Labute approximate surface area is 120 Å². The third-order valence-electron chi connectivity index (χ3n) is 2.68. The van der Waals surface area contributed by atoms with Gasteiger partial charge in [0, 0.05) is 20.5 Å². The number of hydrogen-bond acceptors (Lipinski definition) is 3. The molecule has 18 heavy (non-hydrogen) atoms. The van der Waals surface area contributed by atoms with Crippen molar-refractivity contribution in [3.8, 4) is 16.5 Å². The Morgan fingerprint density at radius 1 is 1.39 bits per heavy atom. The minimum Gasteiger partial charge on any atom is -0.397 e. The smallest absolute Gasteiger partial charge is 0.128 e. The van der Waals surface area contributed by atoms with Crippen molar-refractivity contribution >= 4 is 40.2 Å². The molecule has 1 heterocycles. The van der Waals surface area contributed by atoms with Crippen LogP contribution in [-0.4, -0.2) is 0 Å². The number of thiophene rings is 1. The van der Waals surface area contributed by atoms with Crippen LogP contribution in [0.5, 0.6) is 0 Å². The lowest BCUT2D eigenvalue weighted by molar-refractivity contribution is 1.16. The van der Waals surface area contributed by atoms with Crippen LogP contribution in [0.1, 0.15) is 17.4 Å². The van der Waals surface area contributed by atoms with Gasteiger partial charge in [-0.05, 0) is 30.2 Å². The van der Waals surface area contributed by atoms with Gasteiger partial charge in [0.1, 0.15) is 10.9 Å². The Morgan fingerprint density at radius 2 is 2.11 bits per heavy atom. The minimum absolute atomic E-state index is 0.526. The number of anilines is 1. The number of nitriles is 1. The van der Waals surface area contributed by atoms with Gasteiger partial charge in [0.2, 0.25) is 0 Å². The molecule has 0 atom stereocenters. The van der Waals surface area contributed by atoms with E-state index >= 15 is 0 Å². The first kappa shape index (κ1) is 13.2. The SMILES string of the molecule is CCc1c(-c2cc(Cl)ccc2Cl)sc(C#N)c1N. The molecule has 0 saturated carbocycles. The lowest BCUT2D eigenvalue weighted by atomic mass is 10.1. The standard InChI is InChI=1S/C13H10Cl2N2S/c1-2-8-12(17)11(6-16)18-13(8)9-5-7(14)3-4-10(9)15/h3-5H,2,17H2,1H3. The highest BCUT2D eigenvalue weighted by Gasteiger charge is 2.17. The molecule has 0 saturated heterocycles. The lowest BCUT2D eigenvalue weighted by Crippen LogP contribution is -1.91. The molecule has 1 aromatic carbocycles. The van der Waals surface area contributed by atoms with Gasteiger partial charge in [0.15, 0.2) is 0 Å². The predicted molar refractivity (Wildman–Crippen MR) is 78.3 cm³/mol. The first-order valence-corrected chi connectivity index (χ1v) is 6.92. The van der Waals surface area contributed by atoms with E-state index in [2.05, 4.69) is 6.07 Å². The van der Waals surface area contributed by atoms with Gasteiger partial charge in [-0.25, -0.2) is 0 Å². The Hall–Kier alpha value is -1.21. The minimum atomic E-state index is 0.526. The van der Waals surface area contributed by atoms with Crippen LogP contribution in [0.15, 0.2) is 18.2 Å². The average Bonchev–Trinajstić information content (AvgIpc) is 2.68. The Morgan fingerprint density at radius 3 is 2.72 bits per heavy atom. The molecule has 5 heteroatoms. The summed E-state index contributed by atoms with van der Waals surface area (Å²) in [5.41, 5.74) is 8.31. The number of nitrogens with zero attached hydrogens (tertiary/aromatic N) is 1. The molecule has 0 bridgehead atoms. The van der Waals surface area contributed by atoms with Gasteiger partial charge < -0.3 is 5.73 Å². The number of benzene rings is 1. The van der Waals surface area contributed by atoms with Crippen LogP contribution in [0.3, 0.4) is 0 Å². The van der Waals surface area contributed by atoms with Crippen molar-refractivity contribution in [1.29, 1.82) is 5.26 Å². The molecule has 2 nitrogen and oxygen atoms in total. The quantitative estimate of drug-likeness (QED) is 0.870. The third-order valence-corrected chi connectivity index (χ3v) is 4.43. The van der Waals surface area contributed by atoms with E-state index in [1.165, 1.54) is 11.3 Å². The maximum atomic E-state index is 9.04. The molecule has 1 aromatic heterocycles. The first-order chi connectivity index (χ1) is 8.58. The van der Waals surface area contributed by atoms with Crippen molar-refractivity contribution < 1.29 is 0 Å². The summed E-state index contributed by atoms with van der Waals surface area (Å²) in [6.45, 7) is 2.00. The fourth-order valence-corrected chi connectivity index (χ4v) is 3.38. The van der Waals surface area contributed by atoms with Crippen LogP contribution >= 0.6 is 34.5 Å². The summed E-state index contributed by atoms with van der Waals surface area (Å²) < 4.78 is 0. The summed E-state index contributed by atoms with van der Waals surface area (Å²) in [5, 5.41) is 10.3. The largest absolute Gasteiger partial charge is 0.397 e. The molecule has 2 N–H and O–H groups in total. The summed E-state index contributed by atoms with van der Waals surface area (Å²) >= 11 is 13.5. The van der Waals surface area contributed by atoms with Gasteiger partial charge in [-0.1, -0.05) is 30.1 Å². The summed E-state index contributed by atoms with van der Waals surface area (Å²) in [4.78, 5) is 1.46. The van der Waals surface area contributed by atoms with Gasteiger partial charge in [-0.2, -0.15) is 5.26 Å². The second-order valence-corrected chi connectivity index (χ2v) is 5.61. The van der Waals surface area contributed by atoms with Gasteiger partial charge >= 0.3 is 0 Å². The molecule has 2 aromatic rings. The van der Waals surface area contributed by atoms with Crippen LogP contribution in [0, 0.1) is 11.3 Å². The molecule has 0 aliphatic carbocycles. The van der Waals surface area contributed by atoms with Gasteiger partial charge in [-0.15, -0.1) is 11.3 Å². The highest BCUT2D eigenvalue weighted by Crippen LogP contribution is 2.42. The second kappa shape index (κ2) is 5.19. The van der Waals surface area contributed by atoms with Gasteiger partial charge in [0.25, 0.3) is 0 Å². The molecule has 0 aliphatic rings. The maximum Gasteiger partial charge on any atom is 0.128 e. The summed E-state index contributed by atoms with van der Waals surface area (Å²) in [6.07, 6.45) is 0.752. The molecule has 0 unspecified atom stereocenters.